The van der Waals surface area contributed by atoms with Crippen LogP contribution in [0, 0.1) is 5.82 Å². The summed E-state index contributed by atoms with van der Waals surface area (Å²) >= 11 is 9.50. The van der Waals surface area contributed by atoms with E-state index >= 15 is 0 Å². The smallest absolute Gasteiger partial charge is 0.326 e. The second-order valence-corrected chi connectivity index (χ2v) is 7.88. The molecule has 1 atom stereocenters. The molecule has 0 aliphatic carbocycles. The monoisotopic (exact) mass is 509 g/mol. The average molecular weight is 511 g/mol. The van der Waals surface area contributed by atoms with E-state index in [2.05, 4.69) is 26.6 Å². The van der Waals surface area contributed by atoms with Crippen molar-refractivity contribution in [2.75, 3.05) is 19.0 Å². The van der Waals surface area contributed by atoms with E-state index in [0.717, 1.165) is 0 Å². The number of rotatable bonds is 5. The van der Waals surface area contributed by atoms with Gasteiger partial charge in [0.15, 0.2) is 12.4 Å². The maximum atomic E-state index is 13.3. The largest absolute Gasteiger partial charge is 0.482 e. The highest BCUT2D eigenvalue weighted by atomic mass is 79.9. The molecule has 31 heavy (non-hydrogen) atoms. The fourth-order valence-electron chi connectivity index (χ4n) is 2.93. The molecule has 162 valence electrons. The van der Waals surface area contributed by atoms with Crippen LogP contribution in [0.3, 0.4) is 0 Å². The van der Waals surface area contributed by atoms with E-state index in [1.165, 1.54) is 60.6 Å². The first-order chi connectivity index (χ1) is 14.8. The zero-order chi connectivity index (χ0) is 22.5. The van der Waals surface area contributed by atoms with Crippen molar-refractivity contribution in [2.24, 2.45) is 0 Å². The molecular formula is C21H18BrClFN3O4. The molecule has 10 heteroatoms. The minimum absolute atomic E-state index is 0.0673. The number of anilines is 1. The quantitative estimate of drug-likeness (QED) is 0.623. The first-order valence-corrected chi connectivity index (χ1v) is 10.3. The van der Waals surface area contributed by atoms with E-state index in [-0.39, 0.29) is 35.5 Å². The fourth-order valence-corrected chi connectivity index (χ4v) is 3.72. The van der Waals surface area contributed by atoms with E-state index in [1.54, 1.807) is 0 Å². The molecule has 2 N–H and O–H groups in total. The lowest BCUT2D eigenvalue weighted by Gasteiger charge is -2.31. The summed E-state index contributed by atoms with van der Waals surface area (Å²) in [5.41, 5.74) is 0.975. The van der Waals surface area contributed by atoms with Gasteiger partial charge >= 0.3 is 6.03 Å². The van der Waals surface area contributed by atoms with Crippen LogP contribution in [0.5, 0.6) is 5.75 Å². The molecule has 3 amide bonds. The van der Waals surface area contributed by atoms with Crippen molar-refractivity contribution in [3.63, 3.8) is 0 Å². The zero-order valence-electron chi connectivity index (χ0n) is 16.3. The van der Waals surface area contributed by atoms with E-state index in [9.17, 15) is 18.8 Å². The lowest BCUT2D eigenvalue weighted by atomic mass is 9.97. The van der Waals surface area contributed by atoms with Gasteiger partial charge in [-0.15, -0.1) is 0 Å². The average Bonchev–Trinajstić information content (AvgIpc) is 2.74. The molecule has 1 heterocycles. The first kappa shape index (κ1) is 22.8. The number of halogens is 3. The summed E-state index contributed by atoms with van der Waals surface area (Å²) in [6, 6.07) is 7.54. The predicted molar refractivity (Wildman–Crippen MR) is 117 cm³/mol. The Morgan fingerprint density at radius 2 is 2.00 bits per heavy atom. The van der Waals surface area contributed by atoms with Crippen LogP contribution >= 0.6 is 27.5 Å². The van der Waals surface area contributed by atoms with E-state index in [4.69, 9.17) is 16.3 Å². The molecule has 2 aromatic rings. The number of likely N-dealkylation sites (N-methyl/N-ethyl adjacent to an activating group) is 1. The van der Waals surface area contributed by atoms with Crippen LogP contribution in [0.15, 0.2) is 53.1 Å². The molecule has 2 aromatic carbocycles. The Morgan fingerprint density at radius 3 is 2.68 bits per heavy atom. The number of amides is 3. The minimum atomic E-state index is -0.590. The zero-order valence-corrected chi connectivity index (χ0v) is 18.7. The maximum absolute atomic E-state index is 13.3. The Morgan fingerprint density at radius 1 is 1.29 bits per heavy atom. The Kier molecular flexibility index (Phi) is 7.29. The van der Waals surface area contributed by atoms with E-state index in [0.29, 0.717) is 15.7 Å². The summed E-state index contributed by atoms with van der Waals surface area (Å²) in [5.74, 6) is -0.680. The van der Waals surface area contributed by atoms with Crippen LogP contribution in [-0.2, 0) is 9.59 Å². The molecule has 0 unspecified atom stereocenters. The van der Waals surface area contributed by atoms with Gasteiger partial charge < -0.3 is 15.4 Å². The second kappa shape index (κ2) is 9.93. The van der Waals surface area contributed by atoms with Crippen LogP contribution < -0.4 is 15.4 Å². The normalized spacial score (nSPS) is 15.5. The molecule has 1 aliphatic rings. The van der Waals surface area contributed by atoms with Crippen LogP contribution in [0.25, 0.3) is 0 Å². The molecule has 0 saturated heterocycles. The molecule has 0 spiro atoms. The third-order valence-corrected chi connectivity index (χ3v) is 5.49. The number of ether oxygens (including phenoxy) is 1. The van der Waals surface area contributed by atoms with Crippen LogP contribution in [-0.4, -0.2) is 36.3 Å². The summed E-state index contributed by atoms with van der Waals surface area (Å²) in [6.07, 6.45) is 2.77. The second-order valence-electron chi connectivity index (χ2n) is 6.62. The predicted octanol–water partition coefficient (Wildman–Crippen LogP) is 4.43. The van der Waals surface area contributed by atoms with Crippen molar-refractivity contribution >= 4 is 50.9 Å². The van der Waals surface area contributed by atoms with Crippen LogP contribution in [0.2, 0.25) is 5.02 Å². The molecule has 0 saturated carbocycles. The lowest BCUT2D eigenvalue weighted by Crippen LogP contribution is -2.37. The molecule has 0 aromatic heterocycles. The van der Waals surface area contributed by atoms with E-state index in [1.807, 2.05) is 0 Å². The Balaban J connectivity index is 1.83. The highest BCUT2D eigenvalue weighted by Gasteiger charge is 2.29. The summed E-state index contributed by atoms with van der Waals surface area (Å²) in [6.45, 7) is -0.241. The number of hydrogen-bond acceptors (Lipinski definition) is 4. The first-order valence-electron chi connectivity index (χ1n) is 9.16. The van der Waals surface area contributed by atoms with Gasteiger partial charge in [0.05, 0.1) is 16.8 Å². The molecule has 7 nitrogen and oxygen atoms in total. The fraction of sp³-hybridized carbons (Fsp3) is 0.190. The third kappa shape index (κ3) is 5.62. The number of allylic oxidation sites excluding steroid dienone is 1. The van der Waals surface area contributed by atoms with Crippen molar-refractivity contribution in [3.05, 3.63) is 69.6 Å². The van der Waals surface area contributed by atoms with Gasteiger partial charge in [0, 0.05) is 30.2 Å². The number of benzene rings is 2. The van der Waals surface area contributed by atoms with Gasteiger partial charge in [-0.3, -0.25) is 14.5 Å². The van der Waals surface area contributed by atoms with Crippen molar-refractivity contribution in [1.82, 2.24) is 10.2 Å². The van der Waals surface area contributed by atoms with Gasteiger partial charge in [-0.05, 0) is 45.8 Å². The topological polar surface area (TPSA) is 87.7 Å². The number of nitrogens with zero attached hydrogens (tertiary/aromatic N) is 1. The Hall–Kier alpha value is -2.91. The highest BCUT2D eigenvalue weighted by molar-refractivity contribution is 9.10. The molecule has 3 rings (SSSR count). The van der Waals surface area contributed by atoms with Crippen molar-refractivity contribution in [1.29, 1.82) is 0 Å². The van der Waals surface area contributed by atoms with Crippen molar-refractivity contribution in [3.8, 4) is 5.75 Å². The molecular weight excluding hydrogens is 493 g/mol. The summed E-state index contributed by atoms with van der Waals surface area (Å²) in [4.78, 5) is 37.7. The summed E-state index contributed by atoms with van der Waals surface area (Å²) in [5, 5.41) is 5.42. The number of carbonyl (C=O) groups excluding carboxylic acids is 3. The Labute approximate surface area is 191 Å². The lowest BCUT2D eigenvalue weighted by molar-refractivity contribution is -0.122. The molecule has 0 radical (unpaired) electrons. The van der Waals surface area contributed by atoms with Crippen LogP contribution in [0.4, 0.5) is 14.9 Å². The van der Waals surface area contributed by atoms with Gasteiger partial charge in [0.2, 0.25) is 0 Å². The molecule has 0 bridgehead atoms. The van der Waals surface area contributed by atoms with Gasteiger partial charge in [0.1, 0.15) is 11.6 Å². The van der Waals surface area contributed by atoms with Crippen molar-refractivity contribution in [2.45, 2.75) is 12.5 Å². The van der Waals surface area contributed by atoms with Gasteiger partial charge in [-0.1, -0.05) is 23.7 Å². The summed E-state index contributed by atoms with van der Waals surface area (Å²) < 4.78 is 19.2. The van der Waals surface area contributed by atoms with E-state index < -0.39 is 17.9 Å². The number of nitrogens with one attached hydrogen (secondary N) is 2. The number of carbonyl (C=O) groups is 3. The molecule has 1 aliphatic heterocycles. The number of urea groups is 1. The standard InChI is InChI=1S/C21H18BrClFN3O4/c1-25-20(29)11-31-19-10-17(15(22)9-16(19)23)26-21(30)27-7-6-14(28)8-18(27)12-2-4-13(24)5-3-12/h2-7,9-10,18H,8,11H2,1H3,(H,25,29)(H,26,30)/t18-/m0/s1. The van der Waals surface area contributed by atoms with Crippen molar-refractivity contribution < 1.29 is 23.5 Å². The Bertz CT molecular complexity index is 1050. The van der Waals surface area contributed by atoms with Gasteiger partial charge in [0.25, 0.3) is 5.91 Å². The minimum Gasteiger partial charge on any atom is -0.482 e. The number of ketones is 1. The number of hydrogen-bond donors (Lipinski definition) is 2. The highest BCUT2D eigenvalue weighted by Crippen LogP contribution is 2.36. The third-order valence-electron chi connectivity index (χ3n) is 4.54. The van der Waals surface area contributed by atoms with Gasteiger partial charge in [-0.25, -0.2) is 9.18 Å². The SMILES string of the molecule is CNC(=O)COc1cc(NC(=O)N2C=CC(=O)C[C@H]2c2ccc(F)cc2)c(Br)cc1Cl. The van der Waals surface area contributed by atoms with Gasteiger partial charge in [-0.2, -0.15) is 0 Å². The summed E-state index contributed by atoms with van der Waals surface area (Å²) in [7, 11) is 1.48. The molecule has 0 fully saturated rings. The maximum Gasteiger partial charge on any atom is 0.326 e. The van der Waals surface area contributed by atoms with Crippen LogP contribution in [0.1, 0.15) is 18.0 Å².